The van der Waals surface area contributed by atoms with Crippen LogP contribution in [0.1, 0.15) is 17.2 Å². The fourth-order valence-electron chi connectivity index (χ4n) is 1.94. The van der Waals surface area contributed by atoms with Crippen LogP contribution in [-0.2, 0) is 6.42 Å². The lowest BCUT2D eigenvalue weighted by atomic mass is 9.99. The number of rotatable bonds is 4. The van der Waals surface area contributed by atoms with Gasteiger partial charge in [0.05, 0.1) is 7.11 Å². The number of hydrogen-bond donors (Lipinski definition) is 1. The van der Waals surface area contributed by atoms with Gasteiger partial charge in [-0.15, -0.1) is 0 Å². The summed E-state index contributed by atoms with van der Waals surface area (Å²) in [6.45, 7) is 0. The standard InChI is InChI=1S/C15H15F2NO/c1-19-14-4-2-3-11(15(14)17)9-13(18)10-5-7-12(16)8-6-10/h2-8,13H,9,18H2,1H3. The van der Waals surface area contributed by atoms with E-state index in [1.807, 2.05) is 0 Å². The zero-order valence-electron chi connectivity index (χ0n) is 10.6. The second-order valence-corrected chi connectivity index (χ2v) is 4.30. The monoisotopic (exact) mass is 263 g/mol. The third-order valence-corrected chi connectivity index (χ3v) is 3.00. The molecule has 19 heavy (non-hydrogen) atoms. The predicted molar refractivity (Wildman–Crippen MR) is 70.0 cm³/mol. The van der Waals surface area contributed by atoms with E-state index < -0.39 is 5.82 Å². The van der Waals surface area contributed by atoms with Crippen LogP contribution in [0.4, 0.5) is 8.78 Å². The molecule has 0 saturated heterocycles. The molecule has 2 aromatic carbocycles. The Labute approximate surface area is 110 Å². The Hall–Kier alpha value is -1.94. The summed E-state index contributed by atoms with van der Waals surface area (Å²) in [5.41, 5.74) is 7.26. The van der Waals surface area contributed by atoms with Crippen LogP contribution in [0.15, 0.2) is 42.5 Å². The molecule has 0 radical (unpaired) electrons. The number of halogens is 2. The van der Waals surface area contributed by atoms with Crippen LogP contribution >= 0.6 is 0 Å². The summed E-state index contributed by atoms with van der Waals surface area (Å²) in [6, 6.07) is 10.5. The van der Waals surface area contributed by atoms with Gasteiger partial charge in [-0.1, -0.05) is 24.3 Å². The zero-order valence-corrected chi connectivity index (χ0v) is 10.6. The zero-order chi connectivity index (χ0) is 13.8. The molecule has 2 nitrogen and oxygen atoms in total. The third-order valence-electron chi connectivity index (χ3n) is 3.00. The molecule has 2 rings (SSSR count). The van der Waals surface area contributed by atoms with Gasteiger partial charge in [-0.2, -0.15) is 0 Å². The molecule has 0 aliphatic rings. The maximum absolute atomic E-state index is 14.0. The van der Waals surface area contributed by atoms with Crippen LogP contribution in [0.25, 0.3) is 0 Å². The maximum atomic E-state index is 14.0. The van der Waals surface area contributed by atoms with E-state index in [9.17, 15) is 8.78 Å². The van der Waals surface area contributed by atoms with E-state index in [1.165, 1.54) is 19.2 Å². The molecular formula is C15H15F2NO. The van der Waals surface area contributed by atoms with Crippen LogP contribution in [0, 0.1) is 11.6 Å². The molecule has 2 aromatic rings. The smallest absolute Gasteiger partial charge is 0.168 e. The fourth-order valence-corrected chi connectivity index (χ4v) is 1.94. The van der Waals surface area contributed by atoms with Crippen molar-refractivity contribution in [3.63, 3.8) is 0 Å². The third kappa shape index (κ3) is 3.09. The molecule has 0 aliphatic carbocycles. The molecule has 0 aliphatic heterocycles. The van der Waals surface area contributed by atoms with Gasteiger partial charge >= 0.3 is 0 Å². The molecule has 4 heteroatoms. The highest BCUT2D eigenvalue weighted by atomic mass is 19.1. The molecular weight excluding hydrogens is 248 g/mol. The van der Waals surface area contributed by atoms with Gasteiger partial charge in [0.25, 0.3) is 0 Å². The largest absolute Gasteiger partial charge is 0.494 e. The second-order valence-electron chi connectivity index (χ2n) is 4.30. The summed E-state index contributed by atoms with van der Waals surface area (Å²) in [6.07, 6.45) is 0.328. The van der Waals surface area contributed by atoms with E-state index in [2.05, 4.69) is 0 Å². The SMILES string of the molecule is COc1cccc(CC(N)c2ccc(F)cc2)c1F. The van der Waals surface area contributed by atoms with E-state index in [-0.39, 0.29) is 17.6 Å². The number of benzene rings is 2. The minimum atomic E-state index is -0.400. The summed E-state index contributed by atoms with van der Waals surface area (Å²) in [5.74, 6) is -0.519. The Balaban J connectivity index is 2.19. The molecule has 0 saturated carbocycles. The van der Waals surface area contributed by atoms with Gasteiger partial charge in [-0.3, -0.25) is 0 Å². The Morgan fingerprint density at radius 2 is 1.79 bits per heavy atom. The molecule has 2 N–H and O–H groups in total. The number of hydrogen-bond acceptors (Lipinski definition) is 2. The van der Waals surface area contributed by atoms with E-state index >= 15 is 0 Å². The predicted octanol–water partition coefficient (Wildman–Crippen LogP) is 3.22. The van der Waals surface area contributed by atoms with Crippen molar-refractivity contribution in [1.29, 1.82) is 0 Å². The Bertz CT molecular complexity index is 555. The molecule has 0 bridgehead atoms. The Morgan fingerprint density at radius 1 is 1.11 bits per heavy atom. The van der Waals surface area contributed by atoms with Gasteiger partial charge in [-0.25, -0.2) is 8.78 Å². The average molecular weight is 263 g/mol. The van der Waals surface area contributed by atoms with Crippen molar-refractivity contribution in [3.05, 3.63) is 65.2 Å². The quantitative estimate of drug-likeness (QED) is 0.919. The van der Waals surface area contributed by atoms with Crippen molar-refractivity contribution < 1.29 is 13.5 Å². The molecule has 0 spiro atoms. The van der Waals surface area contributed by atoms with Gasteiger partial charge in [0.15, 0.2) is 11.6 Å². The number of ether oxygens (including phenoxy) is 1. The Kier molecular flexibility index (Phi) is 4.12. The van der Waals surface area contributed by atoms with Gasteiger partial charge < -0.3 is 10.5 Å². The number of methoxy groups -OCH3 is 1. The minimum absolute atomic E-state index is 0.198. The van der Waals surface area contributed by atoms with Gasteiger partial charge in [-0.05, 0) is 35.7 Å². The summed E-state index contributed by atoms with van der Waals surface area (Å²) < 4.78 is 31.7. The maximum Gasteiger partial charge on any atom is 0.168 e. The molecule has 0 aromatic heterocycles. The highest BCUT2D eigenvalue weighted by Gasteiger charge is 2.13. The van der Waals surface area contributed by atoms with Crippen molar-refractivity contribution in [1.82, 2.24) is 0 Å². The fraction of sp³-hybridized carbons (Fsp3) is 0.200. The summed E-state index contributed by atoms with van der Waals surface area (Å²) >= 11 is 0. The highest BCUT2D eigenvalue weighted by molar-refractivity contribution is 5.32. The van der Waals surface area contributed by atoms with Crippen molar-refractivity contribution in [3.8, 4) is 5.75 Å². The molecule has 1 atom stereocenters. The van der Waals surface area contributed by atoms with Crippen LogP contribution in [0.5, 0.6) is 5.75 Å². The first-order valence-electron chi connectivity index (χ1n) is 5.94. The molecule has 0 amide bonds. The first kappa shape index (κ1) is 13.5. The topological polar surface area (TPSA) is 35.2 Å². The summed E-state index contributed by atoms with van der Waals surface area (Å²) in [5, 5.41) is 0. The summed E-state index contributed by atoms with van der Waals surface area (Å²) in [4.78, 5) is 0. The van der Waals surface area contributed by atoms with Gasteiger partial charge in [0.1, 0.15) is 5.82 Å². The Morgan fingerprint density at radius 3 is 2.42 bits per heavy atom. The van der Waals surface area contributed by atoms with Crippen molar-refractivity contribution in [2.24, 2.45) is 5.73 Å². The minimum Gasteiger partial charge on any atom is -0.494 e. The van der Waals surface area contributed by atoms with E-state index in [1.54, 1.807) is 30.3 Å². The van der Waals surface area contributed by atoms with Crippen LogP contribution in [0.3, 0.4) is 0 Å². The van der Waals surface area contributed by atoms with Crippen LogP contribution in [-0.4, -0.2) is 7.11 Å². The normalized spacial score (nSPS) is 12.2. The second kappa shape index (κ2) is 5.80. The van der Waals surface area contributed by atoms with E-state index in [4.69, 9.17) is 10.5 Å². The van der Waals surface area contributed by atoms with E-state index in [0.717, 1.165) is 5.56 Å². The molecule has 0 fully saturated rings. The first-order valence-corrected chi connectivity index (χ1v) is 5.94. The van der Waals surface area contributed by atoms with Crippen molar-refractivity contribution >= 4 is 0 Å². The molecule has 1 unspecified atom stereocenters. The van der Waals surface area contributed by atoms with Gasteiger partial charge in [0.2, 0.25) is 0 Å². The van der Waals surface area contributed by atoms with E-state index in [0.29, 0.717) is 12.0 Å². The van der Waals surface area contributed by atoms with Crippen LogP contribution < -0.4 is 10.5 Å². The summed E-state index contributed by atoms with van der Waals surface area (Å²) in [7, 11) is 1.42. The average Bonchev–Trinajstić information content (AvgIpc) is 2.42. The molecule has 0 heterocycles. The number of nitrogens with two attached hydrogens (primary N) is 1. The first-order chi connectivity index (χ1) is 9.11. The van der Waals surface area contributed by atoms with Crippen molar-refractivity contribution in [2.75, 3.05) is 7.11 Å². The lowest BCUT2D eigenvalue weighted by Gasteiger charge is -2.14. The highest BCUT2D eigenvalue weighted by Crippen LogP contribution is 2.24. The van der Waals surface area contributed by atoms with Gasteiger partial charge in [0, 0.05) is 6.04 Å². The molecule has 100 valence electrons. The van der Waals surface area contributed by atoms with Crippen molar-refractivity contribution in [2.45, 2.75) is 12.5 Å². The lowest BCUT2D eigenvalue weighted by Crippen LogP contribution is -2.14. The van der Waals surface area contributed by atoms with Crippen LogP contribution in [0.2, 0.25) is 0 Å². The lowest BCUT2D eigenvalue weighted by molar-refractivity contribution is 0.383.